The van der Waals surface area contributed by atoms with Crippen molar-refractivity contribution in [2.45, 2.75) is 140 Å². The van der Waals surface area contributed by atoms with Crippen LogP contribution in [0.2, 0.25) is 0 Å². The molecule has 0 bridgehead atoms. The summed E-state index contributed by atoms with van der Waals surface area (Å²) < 4.78 is 0. The number of carboxylic acids is 1. The zero-order valence-corrected chi connectivity index (χ0v) is 27.1. The third-order valence-electron chi connectivity index (χ3n) is 6.26. The Hall–Kier alpha value is 2.00. The van der Waals surface area contributed by atoms with E-state index in [0.29, 0.717) is 9.65 Å². The normalized spacial score (nSPS) is 15.3. The van der Waals surface area contributed by atoms with Crippen LogP contribution >= 0.6 is 31.9 Å². The molecule has 0 aromatic carbocycles. The molecule has 0 amide bonds. The summed E-state index contributed by atoms with van der Waals surface area (Å²) in [6.07, 6.45) is 20.6. The molecule has 0 fully saturated rings. The minimum absolute atomic E-state index is 0. The molecular weight excluding hydrogens is 617 g/mol. The van der Waals surface area contributed by atoms with Crippen LogP contribution in [0.4, 0.5) is 0 Å². The SMILES string of the molecule is CCCCCCCCCCCCCCC(CCC(=O)O)(C(Br)CC)C(Br)CC.[Ba+2].[H-].[H-]. The largest absolute Gasteiger partial charge is 2.00 e. The summed E-state index contributed by atoms with van der Waals surface area (Å²) in [6.45, 7) is 6.68. The van der Waals surface area contributed by atoms with Gasteiger partial charge in [0.1, 0.15) is 0 Å². The van der Waals surface area contributed by atoms with Gasteiger partial charge in [-0.15, -0.1) is 0 Å². The van der Waals surface area contributed by atoms with Gasteiger partial charge in [-0.25, -0.2) is 0 Å². The molecule has 0 aliphatic rings. The second kappa shape index (κ2) is 21.8. The van der Waals surface area contributed by atoms with Gasteiger partial charge in [-0.05, 0) is 31.1 Å². The predicted octanol–water partition coefficient (Wildman–Crippen LogP) is 9.12. The molecule has 0 aliphatic heterocycles. The summed E-state index contributed by atoms with van der Waals surface area (Å²) in [5.41, 5.74) is 0.0420. The van der Waals surface area contributed by atoms with Gasteiger partial charge in [0.05, 0.1) is 0 Å². The van der Waals surface area contributed by atoms with E-state index >= 15 is 0 Å². The topological polar surface area (TPSA) is 37.3 Å². The Morgan fingerprint density at radius 2 is 1.14 bits per heavy atom. The number of halogens is 2. The smallest absolute Gasteiger partial charge is 1.00 e. The monoisotopic (exact) mass is 664 g/mol. The van der Waals surface area contributed by atoms with Crippen LogP contribution in [-0.2, 0) is 4.79 Å². The van der Waals surface area contributed by atoms with Gasteiger partial charge in [0.25, 0.3) is 0 Å². The third kappa shape index (κ3) is 15.5. The minimum Gasteiger partial charge on any atom is -1.00 e. The van der Waals surface area contributed by atoms with Gasteiger partial charge in [0.15, 0.2) is 0 Å². The van der Waals surface area contributed by atoms with Crippen LogP contribution in [0.5, 0.6) is 0 Å². The Morgan fingerprint density at radius 1 is 0.759 bits per heavy atom. The van der Waals surface area contributed by atoms with Gasteiger partial charge in [0, 0.05) is 16.1 Å². The van der Waals surface area contributed by atoms with Gasteiger partial charge in [0.2, 0.25) is 0 Å². The van der Waals surface area contributed by atoms with Gasteiger partial charge < -0.3 is 7.96 Å². The molecule has 0 aromatic heterocycles. The van der Waals surface area contributed by atoms with E-state index in [4.69, 9.17) is 0 Å². The average Bonchev–Trinajstić information content (AvgIpc) is 2.69. The van der Waals surface area contributed by atoms with Crippen LogP contribution in [0, 0.1) is 5.41 Å². The quantitative estimate of drug-likeness (QED) is 0.0801. The first-order valence-electron chi connectivity index (χ1n) is 11.9. The first kappa shape index (κ1) is 33.2. The fourth-order valence-electron chi connectivity index (χ4n) is 4.40. The molecule has 2 nitrogen and oxygen atoms in total. The molecule has 5 heteroatoms. The number of unbranched alkanes of at least 4 members (excludes halogenated alkanes) is 11. The Labute approximate surface area is 241 Å². The van der Waals surface area contributed by atoms with Crippen LogP contribution in [0.1, 0.15) is 133 Å². The molecule has 0 saturated carbocycles. The number of rotatable bonds is 20. The molecule has 2 unspecified atom stereocenters. The summed E-state index contributed by atoms with van der Waals surface area (Å²) in [5, 5.41) is 9.23. The van der Waals surface area contributed by atoms with E-state index in [0.717, 1.165) is 25.7 Å². The van der Waals surface area contributed by atoms with Crippen LogP contribution in [0.25, 0.3) is 0 Å². The van der Waals surface area contributed by atoms with Gasteiger partial charge in [-0.1, -0.05) is 130 Å². The molecule has 0 radical (unpaired) electrons. The van der Waals surface area contributed by atoms with Crippen molar-refractivity contribution >= 4 is 86.7 Å². The molecule has 29 heavy (non-hydrogen) atoms. The number of hydrogen-bond donors (Lipinski definition) is 1. The second-order valence-electron chi connectivity index (χ2n) is 8.52. The van der Waals surface area contributed by atoms with E-state index in [9.17, 15) is 9.90 Å². The third-order valence-corrected chi connectivity index (χ3v) is 9.38. The first-order valence-corrected chi connectivity index (χ1v) is 13.8. The predicted molar refractivity (Wildman–Crippen MR) is 139 cm³/mol. The summed E-state index contributed by atoms with van der Waals surface area (Å²) in [6, 6.07) is 0. The van der Waals surface area contributed by atoms with Crippen molar-refractivity contribution in [1.29, 1.82) is 0 Å². The maximum Gasteiger partial charge on any atom is 2.00 e. The van der Waals surface area contributed by atoms with Crippen molar-refractivity contribution in [2.24, 2.45) is 5.41 Å². The Bertz CT molecular complexity index is 381. The van der Waals surface area contributed by atoms with Gasteiger partial charge in [-0.2, -0.15) is 0 Å². The Kier molecular flexibility index (Phi) is 25.0. The van der Waals surface area contributed by atoms with E-state index in [2.05, 4.69) is 52.6 Å². The molecule has 0 aromatic rings. The van der Waals surface area contributed by atoms with E-state index < -0.39 is 5.97 Å². The van der Waals surface area contributed by atoms with Gasteiger partial charge >= 0.3 is 54.9 Å². The first-order chi connectivity index (χ1) is 13.4. The van der Waals surface area contributed by atoms with Crippen molar-refractivity contribution < 1.29 is 12.8 Å². The average molecular weight is 666 g/mol. The van der Waals surface area contributed by atoms with Crippen LogP contribution in [0.15, 0.2) is 0 Å². The molecule has 0 spiro atoms. The molecular formula is C24H48BaBr2O2. The molecule has 0 aliphatic carbocycles. The number of carbonyl (C=O) groups is 1. The summed E-state index contributed by atoms with van der Waals surface area (Å²) >= 11 is 7.81. The summed E-state index contributed by atoms with van der Waals surface area (Å²) in [4.78, 5) is 12.0. The van der Waals surface area contributed by atoms with Crippen molar-refractivity contribution in [3.8, 4) is 0 Å². The van der Waals surface area contributed by atoms with Crippen LogP contribution in [0.3, 0.4) is 0 Å². The summed E-state index contributed by atoms with van der Waals surface area (Å²) in [5.74, 6) is -0.675. The zero-order chi connectivity index (χ0) is 21.3. The molecule has 172 valence electrons. The van der Waals surface area contributed by atoms with Crippen molar-refractivity contribution in [1.82, 2.24) is 0 Å². The Morgan fingerprint density at radius 3 is 1.48 bits per heavy atom. The molecule has 0 rings (SSSR count). The molecule has 1 N–H and O–H groups in total. The minimum atomic E-state index is -0.675. The Balaban J connectivity index is -0.00000121. The van der Waals surface area contributed by atoms with E-state index in [1.165, 1.54) is 77.0 Å². The second-order valence-corrected chi connectivity index (χ2v) is 10.7. The number of aliphatic carboxylic acids is 1. The van der Waals surface area contributed by atoms with Crippen LogP contribution < -0.4 is 0 Å². The standard InChI is InChI=1S/C24H46Br2O2.Ba.2H/c1-4-7-8-9-10-11-12-13-14-15-16-17-19-24(21(25)5-2,22(26)6-3)20-18-23(27)28;;;/h21-22H,4-20H2,1-3H3,(H,27,28);;;/q;+2;2*-1. The number of hydrogen-bond acceptors (Lipinski definition) is 1. The van der Waals surface area contributed by atoms with Crippen molar-refractivity contribution in [3.05, 3.63) is 0 Å². The number of carboxylic acid groups (broad SMARTS) is 1. The van der Waals surface area contributed by atoms with Crippen LogP contribution in [-0.4, -0.2) is 69.6 Å². The summed E-state index contributed by atoms with van der Waals surface area (Å²) in [7, 11) is 0. The molecule has 0 heterocycles. The van der Waals surface area contributed by atoms with E-state index in [1.54, 1.807) is 0 Å². The van der Waals surface area contributed by atoms with Crippen molar-refractivity contribution in [2.75, 3.05) is 0 Å². The van der Waals surface area contributed by atoms with E-state index in [1.807, 2.05) is 0 Å². The maximum atomic E-state index is 11.2. The van der Waals surface area contributed by atoms with E-state index in [-0.39, 0.29) is 63.6 Å². The fourth-order valence-corrected chi connectivity index (χ4v) is 6.30. The zero-order valence-electron chi connectivity index (χ0n) is 21.5. The molecule has 0 saturated heterocycles. The number of alkyl halides is 2. The fraction of sp³-hybridized carbons (Fsp3) is 0.958. The molecule has 2 atom stereocenters. The van der Waals surface area contributed by atoms with Crippen molar-refractivity contribution in [3.63, 3.8) is 0 Å². The van der Waals surface area contributed by atoms with Gasteiger partial charge in [-0.3, -0.25) is 4.79 Å². The maximum absolute atomic E-state index is 11.2.